The number of aromatic nitrogens is 3. The standard InChI is InChI=1S/C27H28N6O/c1-15-7-21-9-19(11-23(17(3)28)26(21)31-13-15)10-22-12-20(5-6-30-22)27(34)32-14-24-16(2)8-25(29)33-18(24)4/h5-9,11-13H,3,10,14,28H2,1-2,4H3,(H2,29,33)(H,32,34). The number of hydrogen-bond donors (Lipinski definition) is 3. The third-order valence-corrected chi connectivity index (χ3v) is 5.79. The van der Waals surface area contributed by atoms with Crippen LogP contribution >= 0.6 is 0 Å². The van der Waals surface area contributed by atoms with E-state index in [1.165, 1.54) is 0 Å². The number of nitrogens with two attached hydrogens (primary N) is 2. The van der Waals surface area contributed by atoms with Crippen molar-refractivity contribution in [3.05, 3.63) is 100 Å². The van der Waals surface area contributed by atoms with Crippen LogP contribution in [-0.2, 0) is 13.0 Å². The molecule has 1 aromatic carbocycles. The van der Waals surface area contributed by atoms with Crippen molar-refractivity contribution in [3.8, 4) is 0 Å². The Hall–Kier alpha value is -4.26. The predicted molar refractivity (Wildman–Crippen MR) is 136 cm³/mol. The topological polar surface area (TPSA) is 120 Å². The Kier molecular flexibility index (Phi) is 6.27. The molecule has 172 valence electrons. The summed E-state index contributed by atoms with van der Waals surface area (Å²) in [5.74, 6) is 0.304. The minimum absolute atomic E-state index is 0.173. The molecule has 3 heterocycles. The van der Waals surface area contributed by atoms with Crippen LogP contribution < -0.4 is 16.8 Å². The SMILES string of the molecule is C=C(N)c1cc(Cc2cc(C(=O)NCc3c(C)cc(N)nc3C)ccn2)cc2cc(C)cnc12. The Balaban J connectivity index is 1.55. The molecule has 0 atom stereocenters. The summed E-state index contributed by atoms with van der Waals surface area (Å²) < 4.78 is 0. The van der Waals surface area contributed by atoms with Crippen LogP contribution in [0.1, 0.15) is 49.6 Å². The number of fused-ring (bicyclic) bond motifs is 1. The second kappa shape index (κ2) is 9.31. The molecule has 34 heavy (non-hydrogen) atoms. The lowest BCUT2D eigenvalue weighted by molar-refractivity contribution is 0.0950. The molecule has 4 aromatic rings. The van der Waals surface area contributed by atoms with Gasteiger partial charge in [-0.3, -0.25) is 14.8 Å². The lowest BCUT2D eigenvalue weighted by Gasteiger charge is -2.12. The quantitative estimate of drug-likeness (QED) is 0.407. The maximum Gasteiger partial charge on any atom is 0.251 e. The molecular formula is C27H28N6O. The molecule has 0 fully saturated rings. The number of aryl methyl sites for hydroxylation is 3. The molecule has 7 heteroatoms. The zero-order valence-corrected chi connectivity index (χ0v) is 19.6. The van der Waals surface area contributed by atoms with Crippen LogP contribution in [0, 0.1) is 20.8 Å². The summed E-state index contributed by atoms with van der Waals surface area (Å²) in [7, 11) is 0. The van der Waals surface area contributed by atoms with E-state index in [1.807, 2.05) is 45.2 Å². The number of nitrogens with one attached hydrogen (secondary N) is 1. The third kappa shape index (κ3) is 4.88. The fraction of sp³-hybridized carbons (Fsp3) is 0.185. The molecule has 1 amide bonds. The van der Waals surface area contributed by atoms with Gasteiger partial charge in [-0.2, -0.15) is 0 Å². The molecule has 3 aromatic heterocycles. The van der Waals surface area contributed by atoms with Crippen LogP contribution in [-0.4, -0.2) is 20.9 Å². The van der Waals surface area contributed by atoms with Gasteiger partial charge in [0.1, 0.15) is 5.82 Å². The average molecular weight is 453 g/mol. The molecule has 0 saturated heterocycles. The van der Waals surface area contributed by atoms with E-state index in [-0.39, 0.29) is 5.91 Å². The fourth-order valence-electron chi connectivity index (χ4n) is 4.12. The molecule has 0 radical (unpaired) electrons. The highest BCUT2D eigenvalue weighted by Gasteiger charge is 2.12. The number of nitrogen functional groups attached to an aromatic ring is 1. The van der Waals surface area contributed by atoms with Gasteiger partial charge in [0.2, 0.25) is 0 Å². The predicted octanol–water partition coefficient (Wildman–Crippen LogP) is 3.98. The first-order valence-electron chi connectivity index (χ1n) is 11.0. The molecule has 5 N–H and O–H groups in total. The highest BCUT2D eigenvalue weighted by molar-refractivity contribution is 5.94. The Bertz CT molecular complexity index is 1400. The third-order valence-electron chi connectivity index (χ3n) is 5.79. The molecule has 0 spiro atoms. The average Bonchev–Trinajstić information content (AvgIpc) is 2.77. The number of hydrogen-bond acceptors (Lipinski definition) is 6. The lowest BCUT2D eigenvalue weighted by Crippen LogP contribution is -2.24. The molecule has 0 aliphatic heterocycles. The second-order valence-electron chi connectivity index (χ2n) is 8.58. The van der Waals surface area contributed by atoms with Crippen molar-refractivity contribution in [2.24, 2.45) is 5.73 Å². The molecule has 0 bridgehead atoms. The minimum atomic E-state index is -0.173. The maximum atomic E-state index is 12.8. The van der Waals surface area contributed by atoms with Crippen LogP contribution in [0.4, 0.5) is 5.82 Å². The van der Waals surface area contributed by atoms with Gasteiger partial charge in [-0.15, -0.1) is 0 Å². The number of anilines is 1. The van der Waals surface area contributed by atoms with Crippen molar-refractivity contribution in [3.63, 3.8) is 0 Å². The van der Waals surface area contributed by atoms with Gasteiger partial charge in [0.15, 0.2) is 0 Å². The number of carbonyl (C=O) groups is 1. The largest absolute Gasteiger partial charge is 0.399 e. The number of pyridine rings is 3. The summed E-state index contributed by atoms with van der Waals surface area (Å²) in [4.78, 5) is 26.1. The van der Waals surface area contributed by atoms with Gasteiger partial charge in [0.25, 0.3) is 5.91 Å². The highest BCUT2D eigenvalue weighted by atomic mass is 16.1. The van der Waals surface area contributed by atoms with Crippen LogP contribution in [0.2, 0.25) is 0 Å². The van der Waals surface area contributed by atoms with E-state index < -0.39 is 0 Å². The molecule has 0 aliphatic rings. The Morgan fingerprint density at radius 3 is 2.62 bits per heavy atom. The first-order chi connectivity index (χ1) is 16.2. The van der Waals surface area contributed by atoms with Gasteiger partial charge in [-0.1, -0.05) is 6.58 Å². The summed E-state index contributed by atoms with van der Waals surface area (Å²) in [5, 5.41) is 3.97. The van der Waals surface area contributed by atoms with Gasteiger partial charge >= 0.3 is 0 Å². The normalized spacial score (nSPS) is 10.9. The Morgan fingerprint density at radius 2 is 1.88 bits per heavy atom. The van der Waals surface area contributed by atoms with Crippen molar-refractivity contribution >= 4 is 28.3 Å². The number of amides is 1. The minimum Gasteiger partial charge on any atom is -0.399 e. The van der Waals surface area contributed by atoms with Gasteiger partial charge < -0.3 is 16.8 Å². The van der Waals surface area contributed by atoms with Gasteiger partial charge in [0, 0.05) is 59.0 Å². The summed E-state index contributed by atoms with van der Waals surface area (Å²) in [6, 6.07) is 11.5. The monoisotopic (exact) mass is 452 g/mol. The number of nitrogens with zero attached hydrogens (tertiary/aromatic N) is 3. The van der Waals surface area contributed by atoms with Crippen molar-refractivity contribution in [1.29, 1.82) is 0 Å². The van der Waals surface area contributed by atoms with Gasteiger partial charge in [0.05, 0.1) is 5.52 Å². The fourth-order valence-corrected chi connectivity index (χ4v) is 4.12. The zero-order chi connectivity index (χ0) is 24.4. The van der Waals surface area contributed by atoms with E-state index in [0.717, 1.165) is 50.1 Å². The molecule has 0 saturated carbocycles. The van der Waals surface area contributed by atoms with E-state index in [2.05, 4.69) is 39.0 Å². The number of benzene rings is 1. The van der Waals surface area contributed by atoms with Gasteiger partial charge in [-0.25, -0.2) is 4.98 Å². The Morgan fingerprint density at radius 1 is 1.09 bits per heavy atom. The molecule has 0 aliphatic carbocycles. The van der Waals surface area contributed by atoms with E-state index in [0.29, 0.717) is 30.0 Å². The zero-order valence-electron chi connectivity index (χ0n) is 19.6. The van der Waals surface area contributed by atoms with E-state index >= 15 is 0 Å². The first-order valence-corrected chi connectivity index (χ1v) is 11.0. The Labute approximate surface area is 199 Å². The van der Waals surface area contributed by atoms with E-state index in [4.69, 9.17) is 11.5 Å². The van der Waals surface area contributed by atoms with Crippen LogP contribution in [0.5, 0.6) is 0 Å². The number of rotatable bonds is 6. The molecule has 0 unspecified atom stereocenters. The molecule has 7 nitrogen and oxygen atoms in total. The van der Waals surface area contributed by atoms with Crippen molar-refractivity contribution < 1.29 is 4.79 Å². The smallest absolute Gasteiger partial charge is 0.251 e. The van der Waals surface area contributed by atoms with Crippen LogP contribution in [0.3, 0.4) is 0 Å². The van der Waals surface area contributed by atoms with Crippen molar-refractivity contribution in [2.75, 3.05) is 5.73 Å². The highest BCUT2D eigenvalue weighted by Crippen LogP contribution is 2.25. The van der Waals surface area contributed by atoms with Crippen LogP contribution in [0.25, 0.3) is 16.6 Å². The van der Waals surface area contributed by atoms with E-state index in [1.54, 1.807) is 12.3 Å². The van der Waals surface area contributed by atoms with E-state index in [9.17, 15) is 4.79 Å². The lowest BCUT2D eigenvalue weighted by atomic mass is 9.99. The molecule has 4 rings (SSSR count). The summed E-state index contributed by atoms with van der Waals surface area (Å²) in [5.41, 5.74) is 20.1. The number of carbonyl (C=O) groups excluding carboxylic acids is 1. The second-order valence-corrected chi connectivity index (χ2v) is 8.58. The van der Waals surface area contributed by atoms with Crippen molar-refractivity contribution in [2.45, 2.75) is 33.7 Å². The van der Waals surface area contributed by atoms with Gasteiger partial charge in [-0.05, 0) is 79.4 Å². The maximum absolute atomic E-state index is 12.8. The van der Waals surface area contributed by atoms with Crippen LogP contribution in [0.15, 0.2) is 55.4 Å². The summed E-state index contributed by atoms with van der Waals surface area (Å²) in [6.45, 7) is 10.1. The summed E-state index contributed by atoms with van der Waals surface area (Å²) >= 11 is 0. The molecular weight excluding hydrogens is 424 g/mol. The summed E-state index contributed by atoms with van der Waals surface area (Å²) in [6.07, 6.45) is 4.02. The van der Waals surface area contributed by atoms with Crippen molar-refractivity contribution in [1.82, 2.24) is 20.3 Å². The first kappa shape index (κ1) is 22.9.